The third-order valence-electron chi connectivity index (χ3n) is 3.39. The van der Waals surface area contributed by atoms with Crippen molar-refractivity contribution in [1.29, 1.82) is 0 Å². The van der Waals surface area contributed by atoms with Crippen molar-refractivity contribution in [3.63, 3.8) is 0 Å². The van der Waals surface area contributed by atoms with Crippen molar-refractivity contribution in [2.75, 3.05) is 7.05 Å². The molecular formula is C16H16BrClFN. The van der Waals surface area contributed by atoms with Gasteiger partial charge in [0.2, 0.25) is 0 Å². The second kappa shape index (κ2) is 6.70. The monoisotopic (exact) mass is 355 g/mol. The van der Waals surface area contributed by atoms with Crippen molar-refractivity contribution in [2.24, 2.45) is 0 Å². The molecule has 0 radical (unpaired) electrons. The van der Waals surface area contributed by atoms with E-state index in [2.05, 4.69) is 40.3 Å². The summed E-state index contributed by atoms with van der Waals surface area (Å²) in [4.78, 5) is 0. The Hall–Kier alpha value is -0.900. The third-order valence-corrected chi connectivity index (χ3v) is 4.17. The van der Waals surface area contributed by atoms with Gasteiger partial charge in [0.05, 0.1) is 5.02 Å². The number of benzene rings is 2. The Labute approximate surface area is 132 Å². The quantitative estimate of drug-likeness (QED) is 0.808. The molecule has 2 rings (SSSR count). The molecule has 0 aliphatic carbocycles. The lowest BCUT2D eigenvalue weighted by Crippen LogP contribution is -2.20. The number of likely N-dealkylation sites (N-methyl/N-ethyl adjacent to an activating group) is 1. The maximum Gasteiger partial charge on any atom is 0.141 e. The van der Waals surface area contributed by atoms with Crippen LogP contribution in [0, 0.1) is 12.7 Å². The fourth-order valence-electron chi connectivity index (χ4n) is 2.26. The first-order valence-electron chi connectivity index (χ1n) is 6.38. The van der Waals surface area contributed by atoms with E-state index in [0.717, 1.165) is 16.5 Å². The molecule has 0 spiro atoms. The van der Waals surface area contributed by atoms with Gasteiger partial charge in [-0.2, -0.15) is 0 Å². The lowest BCUT2D eigenvalue weighted by atomic mass is 9.95. The smallest absolute Gasteiger partial charge is 0.141 e. The van der Waals surface area contributed by atoms with Crippen molar-refractivity contribution in [1.82, 2.24) is 5.32 Å². The SMILES string of the molecule is CNC(Cc1ccc(F)c(Cl)c1)c1cc(Br)ccc1C. The van der Waals surface area contributed by atoms with Crippen molar-refractivity contribution in [3.8, 4) is 0 Å². The van der Waals surface area contributed by atoms with Crippen LogP contribution >= 0.6 is 27.5 Å². The highest BCUT2D eigenvalue weighted by Gasteiger charge is 2.14. The van der Waals surface area contributed by atoms with Gasteiger partial charge in [-0.3, -0.25) is 0 Å². The number of halogens is 3. The molecule has 0 aliphatic heterocycles. The first-order valence-corrected chi connectivity index (χ1v) is 7.55. The van der Waals surface area contributed by atoms with E-state index in [1.54, 1.807) is 12.1 Å². The van der Waals surface area contributed by atoms with Crippen LogP contribution in [0.15, 0.2) is 40.9 Å². The molecule has 2 aromatic carbocycles. The normalized spacial score (nSPS) is 12.4. The summed E-state index contributed by atoms with van der Waals surface area (Å²) in [5.74, 6) is -0.380. The van der Waals surface area contributed by atoms with E-state index in [0.29, 0.717) is 0 Å². The number of hydrogen-bond acceptors (Lipinski definition) is 1. The molecular weight excluding hydrogens is 341 g/mol. The maximum atomic E-state index is 13.2. The lowest BCUT2D eigenvalue weighted by molar-refractivity contribution is 0.586. The molecule has 0 amide bonds. The molecule has 20 heavy (non-hydrogen) atoms. The average molecular weight is 357 g/mol. The molecule has 106 valence electrons. The average Bonchev–Trinajstić information content (AvgIpc) is 2.43. The van der Waals surface area contributed by atoms with Crippen molar-refractivity contribution < 1.29 is 4.39 Å². The van der Waals surface area contributed by atoms with Crippen LogP contribution in [0.3, 0.4) is 0 Å². The fourth-order valence-corrected chi connectivity index (χ4v) is 2.84. The molecule has 4 heteroatoms. The summed E-state index contributed by atoms with van der Waals surface area (Å²) in [7, 11) is 1.93. The lowest BCUT2D eigenvalue weighted by Gasteiger charge is -2.19. The Balaban J connectivity index is 2.28. The Bertz CT molecular complexity index is 615. The summed E-state index contributed by atoms with van der Waals surface area (Å²) < 4.78 is 14.3. The zero-order valence-electron chi connectivity index (χ0n) is 11.4. The highest BCUT2D eigenvalue weighted by molar-refractivity contribution is 9.10. The van der Waals surface area contributed by atoms with Crippen LogP contribution < -0.4 is 5.32 Å². The number of hydrogen-bond donors (Lipinski definition) is 1. The van der Waals surface area contributed by atoms with E-state index in [4.69, 9.17) is 11.6 Å². The summed E-state index contributed by atoms with van der Waals surface area (Å²) in [6, 6.07) is 11.3. The van der Waals surface area contributed by atoms with E-state index in [-0.39, 0.29) is 16.9 Å². The molecule has 1 unspecified atom stereocenters. The second-order valence-corrected chi connectivity index (χ2v) is 6.12. The van der Waals surface area contributed by atoms with Crippen LogP contribution in [0.25, 0.3) is 0 Å². The Morgan fingerprint density at radius 2 is 2.00 bits per heavy atom. The summed E-state index contributed by atoms with van der Waals surface area (Å²) in [5, 5.41) is 3.48. The van der Waals surface area contributed by atoms with E-state index >= 15 is 0 Å². The third kappa shape index (κ3) is 3.60. The minimum absolute atomic E-state index is 0.161. The molecule has 0 bridgehead atoms. The molecule has 0 fully saturated rings. The van der Waals surface area contributed by atoms with Crippen molar-refractivity contribution in [2.45, 2.75) is 19.4 Å². The molecule has 0 aromatic heterocycles. The van der Waals surface area contributed by atoms with E-state index < -0.39 is 0 Å². The van der Waals surface area contributed by atoms with Crippen LogP contribution in [0.5, 0.6) is 0 Å². The summed E-state index contributed by atoms with van der Waals surface area (Å²) in [6.07, 6.45) is 0.758. The molecule has 2 aromatic rings. The predicted octanol–water partition coefficient (Wildman–Crippen LogP) is 5.05. The minimum atomic E-state index is -0.380. The van der Waals surface area contributed by atoms with E-state index in [1.165, 1.54) is 17.2 Å². The molecule has 1 atom stereocenters. The number of rotatable bonds is 4. The first kappa shape index (κ1) is 15.5. The van der Waals surface area contributed by atoms with Crippen LogP contribution in [-0.2, 0) is 6.42 Å². The first-order chi connectivity index (χ1) is 9.51. The van der Waals surface area contributed by atoms with Crippen LogP contribution in [0.4, 0.5) is 4.39 Å². The summed E-state index contributed by atoms with van der Waals surface area (Å²) >= 11 is 9.34. The summed E-state index contributed by atoms with van der Waals surface area (Å²) in [6.45, 7) is 2.09. The van der Waals surface area contributed by atoms with Gasteiger partial charge < -0.3 is 5.32 Å². The number of aryl methyl sites for hydroxylation is 1. The van der Waals surface area contributed by atoms with Gasteiger partial charge in [0, 0.05) is 10.5 Å². The van der Waals surface area contributed by atoms with Crippen molar-refractivity contribution >= 4 is 27.5 Å². The Morgan fingerprint density at radius 3 is 2.65 bits per heavy atom. The zero-order chi connectivity index (χ0) is 14.7. The van der Waals surface area contributed by atoms with E-state index in [1.807, 2.05) is 13.1 Å². The van der Waals surface area contributed by atoms with Crippen molar-refractivity contribution in [3.05, 3.63) is 68.4 Å². The molecule has 0 aliphatic rings. The molecule has 1 N–H and O–H groups in total. The zero-order valence-corrected chi connectivity index (χ0v) is 13.7. The highest BCUT2D eigenvalue weighted by Crippen LogP contribution is 2.26. The molecule has 0 saturated heterocycles. The number of nitrogens with one attached hydrogen (secondary N) is 1. The van der Waals surface area contributed by atoms with Gasteiger partial charge in [-0.05, 0) is 61.3 Å². The van der Waals surface area contributed by atoms with Gasteiger partial charge in [-0.1, -0.05) is 39.7 Å². The standard InChI is InChI=1S/C16H16BrClFN/c1-10-3-5-12(17)9-13(10)16(20-2)8-11-4-6-15(19)14(18)7-11/h3-7,9,16,20H,8H2,1-2H3. The van der Waals surface area contributed by atoms with Gasteiger partial charge >= 0.3 is 0 Å². The largest absolute Gasteiger partial charge is 0.313 e. The fraction of sp³-hybridized carbons (Fsp3) is 0.250. The topological polar surface area (TPSA) is 12.0 Å². The predicted molar refractivity (Wildman–Crippen MR) is 85.8 cm³/mol. The van der Waals surface area contributed by atoms with Crippen LogP contribution in [-0.4, -0.2) is 7.05 Å². The van der Waals surface area contributed by atoms with Gasteiger partial charge in [-0.25, -0.2) is 4.39 Å². The van der Waals surface area contributed by atoms with Gasteiger partial charge in [0.1, 0.15) is 5.82 Å². The second-order valence-electron chi connectivity index (χ2n) is 4.79. The van der Waals surface area contributed by atoms with Gasteiger partial charge in [0.25, 0.3) is 0 Å². The van der Waals surface area contributed by atoms with Crippen LogP contribution in [0.1, 0.15) is 22.7 Å². The Kier molecular flexibility index (Phi) is 5.19. The van der Waals surface area contributed by atoms with Crippen LogP contribution in [0.2, 0.25) is 5.02 Å². The highest BCUT2D eigenvalue weighted by atomic mass is 79.9. The Morgan fingerprint density at radius 1 is 1.25 bits per heavy atom. The molecule has 0 heterocycles. The minimum Gasteiger partial charge on any atom is -0.313 e. The summed E-state index contributed by atoms with van der Waals surface area (Å²) in [5.41, 5.74) is 3.46. The van der Waals surface area contributed by atoms with Gasteiger partial charge in [-0.15, -0.1) is 0 Å². The molecule has 0 saturated carbocycles. The van der Waals surface area contributed by atoms with Gasteiger partial charge in [0.15, 0.2) is 0 Å². The molecule has 1 nitrogen and oxygen atoms in total. The maximum absolute atomic E-state index is 13.2. The van der Waals surface area contributed by atoms with E-state index in [9.17, 15) is 4.39 Å².